The Morgan fingerprint density at radius 3 is 2.38 bits per heavy atom. The van der Waals surface area contributed by atoms with Crippen molar-refractivity contribution in [3.8, 4) is 11.5 Å². The summed E-state index contributed by atoms with van der Waals surface area (Å²) >= 11 is 0. The Morgan fingerprint density at radius 1 is 0.952 bits per heavy atom. The highest BCUT2D eigenvalue weighted by Crippen LogP contribution is 2.30. The van der Waals surface area contributed by atoms with Gasteiger partial charge in [-0.15, -0.1) is 0 Å². The van der Waals surface area contributed by atoms with Crippen molar-refractivity contribution in [2.24, 2.45) is 0 Å². The van der Waals surface area contributed by atoms with Crippen LogP contribution in [0.25, 0.3) is 0 Å². The Balaban J connectivity index is 1.58. The molecule has 0 saturated carbocycles. The lowest BCUT2D eigenvalue weighted by Crippen LogP contribution is -2.16. The van der Waals surface area contributed by atoms with Crippen LogP contribution in [0.4, 0.5) is 4.39 Å². The molecule has 1 heterocycles. The third-order valence-corrected chi connectivity index (χ3v) is 3.49. The van der Waals surface area contributed by atoms with E-state index in [9.17, 15) is 4.39 Å². The third-order valence-electron chi connectivity index (χ3n) is 3.49. The highest BCUT2D eigenvalue weighted by atomic mass is 19.1. The fourth-order valence-electron chi connectivity index (χ4n) is 2.37. The molecule has 21 heavy (non-hydrogen) atoms. The fraction of sp³-hybridized carbons (Fsp3) is 0.294. The number of halogens is 1. The number of hydrogen-bond donors (Lipinski definition) is 1. The summed E-state index contributed by atoms with van der Waals surface area (Å²) in [6, 6.07) is 11.1. The summed E-state index contributed by atoms with van der Waals surface area (Å²) in [6.45, 7) is 4.41. The highest BCUT2D eigenvalue weighted by molar-refractivity contribution is 5.43. The van der Waals surface area contributed by atoms with Crippen molar-refractivity contribution in [3.05, 3.63) is 58.9 Å². The average molecular weight is 287 g/mol. The number of fused-ring (bicyclic) bond motifs is 1. The first-order valence-electron chi connectivity index (χ1n) is 7.06. The summed E-state index contributed by atoms with van der Waals surface area (Å²) in [5.41, 5.74) is 2.89. The lowest BCUT2D eigenvalue weighted by molar-refractivity contribution is 0.171. The van der Waals surface area contributed by atoms with Crippen molar-refractivity contribution in [2.75, 3.05) is 13.2 Å². The second-order valence-corrected chi connectivity index (χ2v) is 5.17. The molecule has 1 N–H and O–H groups in total. The van der Waals surface area contributed by atoms with Crippen molar-refractivity contribution in [1.29, 1.82) is 0 Å². The molecular weight excluding hydrogens is 269 g/mol. The maximum Gasteiger partial charge on any atom is 0.161 e. The lowest BCUT2D eigenvalue weighted by atomic mass is 10.1. The summed E-state index contributed by atoms with van der Waals surface area (Å²) in [5.74, 6) is 1.45. The van der Waals surface area contributed by atoms with Crippen LogP contribution in [0.2, 0.25) is 0 Å². The summed E-state index contributed by atoms with van der Waals surface area (Å²) in [6.07, 6.45) is 0. The Labute approximate surface area is 123 Å². The molecular formula is C17H18FNO2. The van der Waals surface area contributed by atoms with Crippen LogP contribution in [-0.4, -0.2) is 13.2 Å². The van der Waals surface area contributed by atoms with Crippen molar-refractivity contribution >= 4 is 0 Å². The Hall–Kier alpha value is -2.07. The van der Waals surface area contributed by atoms with Crippen molar-refractivity contribution in [1.82, 2.24) is 5.32 Å². The average Bonchev–Trinajstić information content (AvgIpc) is 2.51. The van der Waals surface area contributed by atoms with Crippen molar-refractivity contribution in [3.63, 3.8) is 0 Å². The standard InChI is InChI=1S/C17H18FNO2/c1-12-8-13(2-4-15(12)18)10-19-11-14-3-5-16-17(9-14)21-7-6-20-16/h2-5,8-9,19H,6-7,10-11H2,1H3. The van der Waals surface area contributed by atoms with E-state index in [1.807, 2.05) is 24.3 Å². The largest absolute Gasteiger partial charge is 0.486 e. The summed E-state index contributed by atoms with van der Waals surface area (Å²) < 4.78 is 24.3. The number of nitrogens with one attached hydrogen (secondary N) is 1. The fourth-order valence-corrected chi connectivity index (χ4v) is 2.37. The number of rotatable bonds is 4. The zero-order valence-corrected chi connectivity index (χ0v) is 12.0. The zero-order valence-electron chi connectivity index (χ0n) is 12.0. The van der Waals surface area contributed by atoms with E-state index in [4.69, 9.17) is 9.47 Å². The predicted molar refractivity (Wildman–Crippen MR) is 79.1 cm³/mol. The van der Waals surface area contributed by atoms with Gasteiger partial charge in [-0.1, -0.05) is 18.2 Å². The molecule has 0 atom stereocenters. The smallest absolute Gasteiger partial charge is 0.161 e. The van der Waals surface area contributed by atoms with E-state index < -0.39 is 0 Å². The molecule has 1 aliphatic rings. The van der Waals surface area contributed by atoms with Crippen LogP contribution in [0.1, 0.15) is 16.7 Å². The van der Waals surface area contributed by atoms with Gasteiger partial charge in [0.2, 0.25) is 0 Å². The second kappa shape index (κ2) is 6.14. The number of benzene rings is 2. The molecule has 3 nitrogen and oxygen atoms in total. The van der Waals surface area contributed by atoms with Crippen LogP contribution >= 0.6 is 0 Å². The minimum Gasteiger partial charge on any atom is -0.486 e. The van der Waals surface area contributed by atoms with E-state index >= 15 is 0 Å². The molecule has 2 aromatic carbocycles. The lowest BCUT2D eigenvalue weighted by Gasteiger charge is -2.19. The molecule has 0 bridgehead atoms. The first kappa shape index (κ1) is 13.9. The molecule has 0 unspecified atom stereocenters. The molecule has 110 valence electrons. The summed E-state index contributed by atoms with van der Waals surface area (Å²) in [4.78, 5) is 0. The SMILES string of the molecule is Cc1cc(CNCc2ccc3c(c2)OCCO3)ccc1F. The Morgan fingerprint density at radius 2 is 1.62 bits per heavy atom. The van der Waals surface area contributed by atoms with Gasteiger partial charge in [0.1, 0.15) is 19.0 Å². The van der Waals surface area contributed by atoms with Crippen LogP contribution in [0.5, 0.6) is 11.5 Å². The van der Waals surface area contributed by atoms with Gasteiger partial charge in [-0.3, -0.25) is 0 Å². The quantitative estimate of drug-likeness (QED) is 0.936. The van der Waals surface area contributed by atoms with Crippen LogP contribution < -0.4 is 14.8 Å². The van der Waals surface area contributed by atoms with Gasteiger partial charge in [0, 0.05) is 13.1 Å². The summed E-state index contributed by atoms with van der Waals surface area (Å²) in [7, 11) is 0. The third kappa shape index (κ3) is 3.34. The second-order valence-electron chi connectivity index (χ2n) is 5.17. The zero-order chi connectivity index (χ0) is 14.7. The van der Waals surface area contributed by atoms with E-state index in [1.54, 1.807) is 13.0 Å². The molecule has 0 amide bonds. The molecule has 0 fully saturated rings. The Bertz CT molecular complexity index is 643. The van der Waals surface area contributed by atoms with Gasteiger partial charge in [-0.25, -0.2) is 4.39 Å². The topological polar surface area (TPSA) is 30.5 Å². The van der Waals surface area contributed by atoms with Crippen LogP contribution in [0.15, 0.2) is 36.4 Å². The Kier molecular flexibility index (Phi) is 4.06. The first-order chi connectivity index (χ1) is 10.2. The van der Waals surface area contributed by atoms with Crippen LogP contribution in [0.3, 0.4) is 0 Å². The normalized spacial score (nSPS) is 13.2. The number of hydrogen-bond acceptors (Lipinski definition) is 3. The van der Waals surface area contributed by atoms with E-state index in [0.29, 0.717) is 25.3 Å². The maximum atomic E-state index is 13.2. The molecule has 1 aliphatic heterocycles. The highest BCUT2D eigenvalue weighted by Gasteiger charge is 2.11. The molecule has 4 heteroatoms. The van der Waals surface area contributed by atoms with E-state index in [2.05, 4.69) is 5.32 Å². The molecule has 0 aromatic heterocycles. The predicted octanol–water partition coefficient (Wildman–Crippen LogP) is 3.20. The van der Waals surface area contributed by atoms with E-state index in [-0.39, 0.29) is 5.82 Å². The molecule has 2 aromatic rings. The van der Waals surface area contributed by atoms with Gasteiger partial charge in [0.05, 0.1) is 0 Å². The van der Waals surface area contributed by atoms with Crippen LogP contribution in [-0.2, 0) is 13.1 Å². The first-order valence-corrected chi connectivity index (χ1v) is 7.06. The van der Waals surface area contributed by atoms with E-state index in [1.165, 1.54) is 6.07 Å². The molecule has 0 saturated heterocycles. The van der Waals surface area contributed by atoms with Gasteiger partial charge in [0.15, 0.2) is 11.5 Å². The number of ether oxygens (including phenoxy) is 2. The minimum absolute atomic E-state index is 0.161. The summed E-state index contributed by atoms with van der Waals surface area (Å²) in [5, 5.41) is 3.35. The van der Waals surface area contributed by atoms with Gasteiger partial charge in [0.25, 0.3) is 0 Å². The molecule has 0 aliphatic carbocycles. The monoisotopic (exact) mass is 287 g/mol. The van der Waals surface area contributed by atoms with Gasteiger partial charge in [-0.2, -0.15) is 0 Å². The maximum absolute atomic E-state index is 13.2. The molecule has 3 rings (SSSR count). The van der Waals surface area contributed by atoms with Gasteiger partial charge in [-0.05, 0) is 41.8 Å². The molecule has 0 spiro atoms. The van der Waals surface area contributed by atoms with Gasteiger partial charge >= 0.3 is 0 Å². The van der Waals surface area contributed by atoms with Gasteiger partial charge < -0.3 is 14.8 Å². The van der Waals surface area contributed by atoms with Crippen molar-refractivity contribution < 1.29 is 13.9 Å². The van der Waals surface area contributed by atoms with Crippen LogP contribution in [0, 0.1) is 12.7 Å². The van der Waals surface area contributed by atoms with Crippen molar-refractivity contribution in [2.45, 2.75) is 20.0 Å². The minimum atomic E-state index is -0.161. The van der Waals surface area contributed by atoms with E-state index in [0.717, 1.165) is 29.2 Å². The molecule has 0 radical (unpaired) electrons. The number of aryl methyl sites for hydroxylation is 1.